The highest BCUT2D eigenvalue weighted by Gasteiger charge is 2.19. The van der Waals surface area contributed by atoms with E-state index in [9.17, 15) is 0 Å². The Balaban J connectivity index is 2.25. The Bertz CT molecular complexity index is 214. The average molecular weight is 211 g/mol. The zero-order chi connectivity index (χ0) is 11.1. The maximum atomic E-state index is 8.90. The molecule has 1 aliphatic rings. The summed E-state index contributed by atoms with van der Waals surface area (Å²) >= 11 is 0. The van der Waals surface area contributed by atoms with E-state index in [-0.39, 0.29) is 6.04 Å². The van der Waals surface area contributed by atoms with Crippen LogP contribution in [0.3, 0.4) is 0 Å². The first-order valence-electron chi connectivity index (χ1n) is 5.72. The third kappa shape index (κ3) is 4.17. The van der Waals surface area contributed by atoms with Crippen molar-refractivity contribution in [3.05, 3.63) is 0 Å². The van der Waals surface area contributed by atoms with Gasteiger partial charge >= 0.3 is 0 Å². The minimum absolute atomic E-state index is 0.00922. The van der Waals surface area contributed by atoms with Crippen LogP contribution in [0.2, 0.25) is 0 Å². The van der Waals surface area contributed by atoms with E-state index in [4.69, 9.17) is 10.00 Å². The van der Waals surface area contributed by atoms with E-state index in [0.29, 0.717) is 6.04 Å². The summed E-state index contributed by atoms with van der Waals surface area (Å²) in [6.07, 6.45) is 0.898. The largest absolute Gasteiger partial charge is 0.379 e. The van der Waals surface area contributed by atoms with Crippen molar-refractivity contribution in [2.75, 3.05) is 32.8 Å². The predicted octanol–water partition coefficient (Wildman–Crippen LogP) is 0.599. The summed E-state index contributed by atoms with van der Waals surface area (Å²) in [4.78, 5) is 2.39. The number of morpholine rings is 1. The van der Waals surface area contributed by atoms with Crippen LogP contribution in [-0.2, 0) is 4.74 Å². The molecule has 0 radical (unpaired) electrons. The summed E-state index contributed by atoms with van der Waals surface area (Å²) in [6, 6.07) is 2.76. The zero-order valence-electron chi connectivity index (χ0n) is 9.70. The molecule has 1 N–H and O–H groups in total. The van der Waals surface area contributed by atoms with Crippen LogP contribution in [0.1, 0.15) is 20.3 Å². The lowest BCUT2D eigenvalue weighted by Crippen LogP contribution is -2.45. The number of nitrogens with zero attached hydrogens (tertiary/aromatic N) is 2. The lowest BCUT2D eigenvalue weighted by atomic mass is 10.2. The van der Waals surface area contributed by atoms with Gasteiger partial charge in [-0.15, -0.1) is 0 Å². The highest BCUT2D eigenvalue weighted by molar-refractivity contribution is 4.90. The Morgan fingerprint density at radius 1 is 1.67 bits per heavy atom. The van der Waals surface area contributed by atoms with E-state index in [0.717, 1.165) is 39.3 Å². The lowest BCUT2D eigenvalue weighted by molar-refractivity contribution is -0.00120. The van der Waals surface area contributed by atoms with Crippen molar-refractivity contribution in [2.45, 2.75) is 32.4 Å². The molecular formula is C11H21N3O. The van der Waals surface area contributed by atoms with Crippen molar-refractivity contribution >= 4 is 0 Å². The number of hydrogen-bond acceptors (Lipinski definition) is 4. The minimum atomic E-state index is -0.00922. The number of nitrogens with one attached hydrogen (secondary N) is 1. The summed E-state index contributed by atoms with van der Waals surface area (Å²) in [6.45, 7) is 8.68. The molecule has 2 atom stereocenters. The molecule has 1 rings (SSSR count). The highest BCUT2D eigenvalue weighted by atomic mass is 16.5. The van der Waals surface area contributed by atoms with Crippen molar-refractivity contribution < 1.29 is 4.74 Å². The zero-order valence-corrected chi connectivity index (χ0v) is 9.70. The van der Waals surface area contributed by atoms with E-state index in [1.807, 2.05) is 6.92 Å². The fourth-order valence-electron chi connectivity index (χ4n) is 1.85. The molecular weight excluding hydrogens is 190 g/mol. The van der Waals surface area contributed by atoms with Gasteiger partial charge in [0.25, 0.3) is 0 Å². The van der Waals surface area contributed by atoms with Crippen LogP contribution >= 0.6 is 0 Å². The first-order chi connectivity index (χ1) is 7.27. The molecule has 1 saturated heterocycles. The van der Waals surface area contributed by atoms with E-state index in [1.165, 1.54) is 0 Å². The molecule has 0 aromatic rings. The molecule has 0 amide bonds. The molecule has 0 saturated carbocycles. The van der Waals surface area contributed by atoms with Gasteiger partial charge in [0.2, 0.25) is 0 Å². The van der Waals surface area contributed by atoms with Gasteiger partial charge in [-0.3, -0.25) is 4.90 Å². The molecule has 86 valence electrons. The van der Waals surface area contributed by atoms with Crippen LogP contribution in [0.4, 0.5) is 0 Å². The van der Waals surface area contributed by atoms with E-state index in [2.05, 4.69) is 23.2 Å². The molecule has 4 heteroatoms. The van der Waals surface area contributed by atoms with Crippen LogP contribution in [0.25, 0.3) is 0 Å². The SMILES string of the molecule is CCNC(C#N)CCN1CCOCC1C. The van der Waals surface area contributed by atoms with Crippen molar-refractivity contribution in [3.8, 4) is 6.07 Å². The second kappa shape index (κ2) is 6.78. The molecule has 1 aliphatic heterocycles. The van der Waals surface area contributed by atoms with E-state index < -0.39 is 0 Å². The molecule has 15 heavy (non-hydrogen) atoms. The van der Waals surface area contributed by atoms with E-state index >= 15 is 0 Å². The number of ether oxygens (including phenoxy) is 1. The van der Waals surface area contributed by atoms with Crippen molar-refractivity contribution in [1.82, 2.24) is 10.2 Å². The van der Waals surface area contributed by atoms with Crippen molar-refractivity contribution in [1.29, 1.82) is 5.26 Å². The Labute approximate surface area is 92.2 Å². The minimum Gasteiger partial charge on any atom is -0.379 e. The molecule has 4 nitrogen and oxygen atoms in total. The van der Waals surface area contributed by atoms with Crippen molar-refractivity contribution in [2.24, 2.45) is 0 Å². The summed E-state index contributed by atoms with van der Waals surface area (Å²) < 4.78 is 5.37. The first kappa shape index (κ1) is 12.4. The molecule has 1 fully saturated rings. The van der Waals surface area contributed by atoms with Crippen LogP contribution in [0.5, 0.6) is 0 Å². The number of hydrogen-bond donors (Lipinski definition) is 1. The molecule has 0 spiro atoms. The maximum Gasteiger partial charge on any atom is 0.0965 e. The van der Waals surface area contributed by atoms with Gasteiger partial charge in [-0.1, -0.05) is 6.92 Å². The van der Waals surface area contributed by atoms with Crippen LogP contribution in [0, 0.1) is 11.3 Å². The summed E-state index contributed by atoms with van der Waals surface area (Å²) in [5.74, 6) is 0. The normalized spacial score (nSPS) is 24.7. The smallest absolute Gasteiger partial charge is 0.0965 e. The fourth-order valence-corrected chi connectivity index (χ4v) is 1.85. The fraction of sp³-hybridized carbons (Fsp3) is 0.909. The number of nitriles is 1. The van der Waals surface area contributed by atoms with Crippen molar-refractivity contribution in [3.63, 3.8) is 0 Å². The highest BCUT2D eigenvalue weighted by Crippen LogP contribution is 2.07. The lowest BCUT2D eigenvalue weighted by Gasteiger charge is -2.33. The Morgan fingerprint density at radius 3 is 3.07 bits per heavy atom. The second-order valence-corrected chi connectivity index (χ2v) is 3.99. The van der Waals surface area contributed by atoms with Crippen LogP contribution < -0.4 is 5.32 Å². The molecule has 1 heterocycles. The van der Waals surface area contributed by atoms with Gasteiger partial charge in [-0.05, 0) is 19.9 Å². The second-order valence-electron chi connectivity index (χ2n) is 3.99. The topological polar surface area (TPSA) is 48.3 Å². The van der Waals surface area contributed by atoms with Gasteiger partial charge in [0.15, 0.2) is 0 Å². The molecule has 0 bridgehead atoms. The van der Waals surface area contributed by atoms with Gasteiger partial charge < -0.3 is 10.1 Å². The summed E-state index contributed by atoms with van der Waals surface area (Å²) in [5.41, 5.74) is 0. The third-order valence-corrected chi connectivity index (χ3v) is 2.82. The first-order valence-corrected chi connectivity index (χ1v) is 5.72. The Kier molecular flexibility index (Phi) is 5.62. The molecule has 0 aliphatic carbocycles. The monoisotopic (exact) mass is 211 g/mol. The standard InChI is InChI=1S/C11H21N3O/c1-3-13-11(8-12)4-5-14-6-7-15-9-10(14)2/h10-11,13H,3-7,9H2,1-2H3. The van der Waals surface area contributed by atoms with Gasteiger partial charge in [-0.25, -0.2) is 0 Å². The Morgan fingerprint density at radius 2 is 2.47 bits per heavy atom. The quantitative estimate of drug-likeness (QED) is 0.723. The van der Waals surface area contributed by atoms with Gasteiger partial charge in [0.05, 0.1) is 25.3 Å². The third-order valence-electron chi connectivity index (χ3n) is 2.82. The Hall–Kier alpha value is -0.630. The van der Waals surface area contributed by atoms with Gasteiger partial charge in [-0.2, -0.15) is 5.26 Å². The molecule has 0 aromatic heterocycles. The van der Waals surface area contributed by atoms with Gasteiger partial charge in [0, 0.05) is 19.1 Å². The average Bonchev–Trinajstić information content (AvgIpc) is 2.26. The number of rotatable bonds is 5. The predicted molar refractivity (Wildman–Crippen MR) is 59.5 cm³/mol. The summed E-state index contributed by atoms with van der Waals surface area (Å²) in [7, 11) is 0. The molecule has 0 aromatic carbocycles. The van der Waals surface area contributed by atoms with Crippen LogP contribution in [-0.4, -0.2) is 49.8 Å². The van der Waals surface area contributed by atoms with Crippen LogP contribution in [0.15, 0.2) is 0 Å². The summed E-state index contributed by atoms with van der Waals surface area (Å²) in [5, 5.41) is 12.1. The van der Waals surface area contributed by atoms with Gasteiger partial charge in [0.1, 0.15) is 0 Å². The molecule has 2 unspecified atom stereocenters. The maximum absolute atomic E-state index is 8.90. The van der Waals surface area contributed by atoms with E-state index in [1.54, 1.807) is 0 Å².